The summed E-state index contributed by atoms with van der Waals surface area (Å²) in [6.07, 6.45) is 0.694. The van der Waals surface area contributed by atoms with Crippen LogP contribution in [-0.4, -0.2) is 21.0 Å². The molecule has 3 rings (SSSR count). The van der Waals surface area contributed by atoms with Crippen LogP contribution in [-0.2, 0) is 33.4 Å². The molecule has 1 aromatic carbocycles. The molecular formula is C26H34N2O4S. The zero-order chi connectivity index (χ0) is 24.7. The van der Waals surface area contributed by atoms with Gasteiger partial charge in [0.2, 0.25) is 0 Å². The summed E-state index contributed by atoms with van der Waals surface area (Å²) >= 11 is 1.46. The van der Waals surface area contributed by atoms with E-state index in [1.807, 2.05) is 26.0 Å². The number of aromatic amines is 1. The lowest BCUT2D eigenvalue weighted by molar-refractivity contribution is -0.145. The second-order valence-electron chi connectivity index (χ2n) is 10.7. The molecule has 7 heteroatoms. The van der Waals surface area contributed by atoms with Gasteiger partial charge in [-0.2, -0.15) is 0 Å². The van der Waals surface area contributed by atoms with Crippen LogP contribution in [0.15, 0.2) is 16.9 Å². The Morgan fingerprint density at radius 3 is 2.21 bits per heavy atom. The van der Waals surface area contributed by atoms with E-state index in [0.717, 1.165) is 27.1 Å². The first kappa shape index (κ1) is 25.0. The van der Waals surface area contributed by atoms with Gasteiger partial charge in [-0.25, -0.2) is 4.98 Å². The Hall–Kier alpha value is -2.67. The number of esters is 1. The topological polar surface area (TPSA) is 92.3 Å². The number of carbonyl (C=O) groups excluding carboxylic acids is 1. The largest absolute Gasteiger partial charge is 0.507 e. The minimum absolute atomic E-state index is 0.0733. The number of aromatic nitrogens is 2. The van der Waals surface area contributed by atoms with E-state index < -0.39 is 0 Å². The number of fused-ring (bicyclic) bond motifs is 1. The lowest BCUT2D eigenvalue weighted by atomic mass is 9.78. The van der Waals surface area contributed by atoms with Gasteiger partial charge in [0, 0.05) is 11.3 Å². The van der Waals surface area contributed by atoms with Crippen LogP contribution in [0.4, 0.5) is 0 Å². The van der Waals surface area contributed by atoms with Crippen LogP contribution < -0.4 is 5.56 Å². The van der Waals surface area contributed by atoms with Crippen molar-refractivity contribution in [3.05, 3.63) is 55.4 Å². The molecule has 0 unspecified atom stereocenters. The predicted octanol–water partition coefficient (Wildman–Crippen LogP) is 5.58. The fourth-order valence-electron chi connectivity index (χ4n) is 3.82. The second-order valence-corrected chi connectivity index (χ2v) is 11.9. The van der Waals surface area contributed by atoms with Gasteiger partial charge in [0.15, 0.2) is 0 Å². The zero-order valence-electron chi connectivity index (χ0n) is 20.8. The van der Waals surface area contributed by atoms with Crippen LogP contribution >= 0.6 is 11.3 Å². The standard InChI is InChI=1S/C26H34N2O4S/c1-14-15(2)33-24-21(14)23(31)27-19(28-24)13-32-20(29)10-9-16-11-17(25(3,4)5)22(30)18(12-16)26(6,7)8/h11-12,30H,9-10,13H2,1-8H3,(H,27,28,31). The van der Waals surface area contributed by atoms with Crippen molar-refractivity contribution in [2.75, 3.05) is 0 Å². The number of nitrogens with zero attached hydrogens (tertiary/aromatic N) is 1. The molecular weight excluding hydrogens is 436 g/mol. The molecule has 0 amide bonds. The SMILES string of the molecule is Cc1sc2nc(COC(=O)CCc3cc(C(C)(C)C)c(O)c(C(C)(C)C)c3)[nH]c(=O)c2c1C. The lowest BCUT2D eigenvalue weighted by Crippen LogP contribution is -2.18. The van der Waals surface area contributed by atoms with Gasteiger partial charge >= 0.3 is 5.97 Å². The number of aryl methyl sites for hydroxylation is 3. The highest BCUT2D eigenvalue weighted by molar-refractivity contribution is 7.18. The van der Waals surface area contributed by atoms with Crippen molar-refractivity contribution < 1.29 is 14.6 Å². The smallest absolute Gasteiger partial charge is 0.306 e. The molecule has 0 atom stereocenters. The predicted molar refractivity (Wildman–Crippen MR) is 133 cm³/mol. The van der Waals surface area contributed by atoms with E-state index in [-0.39, 0.29) is 35.4 Å². The molecule has 33 heavy (non-hydrogen) atoms. The van der Waals surface area contributed by atoms with Gasteiger partial charge in [-0.05, 0) is 53.4 Å². The Labute approximate surface area is 199 Å². The van der Waals surface area contributed by atoms with Crippen LogP contribution in [0, 0.1) is 13.8 Å². The molecule has 2 aromatic heterocycles. The third-order valence-electron chi connectivity index (χ3n) is 5.86. The highest BCUT2D eigenvalue weighted by Gasteiger charge is 2.26. The van der Waals surface area contributed by atoms with Gasteiger partial charge in [-0.15, -0.1) is 11.3 Å². The van der Waals surface area contributed by atoms with E-state index in [1.165, 1.54) is 11.3 Å². The molecule has 2 N–H and O–H groups in total. The summed E-state index contributed by atoms with van der Waals surface area (Å²) in [5.41, 5.74) is 3.00. The number of hydrogen-bond donors (Lipinski definition) is 2. The number of rotatable bonds is 5. The minimum atomic E-state index is -0.362. The Morgan fingerprint density at radius 2 is 1.67 bits per heavy atom. The second kappa shape index (κ2) is 8.93. The van der Waals surface area contributed by atoms with Crippen LogP contribution in [0.25, 0.3) is 10.2 Å². The third-order valence-corrected chi connectivity index (χ3v) is 6.96. The average Bonchev–Trinajstić information content (AvgIpc) is 2.97. The Balaban J connectivity index is 1.72. The maximum Gasteiger partial charge on any atom is 0.306 e. The van der Waals surface area contributed by atoms with Gasteiger partial charge in [0.1, 0.15) is 23.0 Å². The van der Waals surface area contributed by atoms with Crippen LogP contribution in [0.5, 0.6) is 5.75 Å². The average molecular weight is 471 g/mol. The molecule has 6 nitrogen and oxygen atoms in total. The van der Waals surface area contributed by atoms with E-state index in [0.29, 0.717) is 28.2 Å². The van der Waals surface area contributed by atoms with Crippen LogP contribution in [0.3, 0.4) is 0 Å². The molecule has 0 spiro atoms. The number of carbonyl (C=O) groups is 1. The van der Waals surface area contributed by atoms with Crippen molar-refractivity contribution in [3.63, 3.8) is 0 Å². The number of benzene rings is 1. The summed E-state index contributed by atoms with van der Waals surface area (Å²) in [4.78, 5) is 33.7. The molecule has 3 aromatic rings. The quantitative estimate of drug-likeness (QED) is 0.475. The molecule has 0 saturated carbocycles. The maximum absolute atomic E-state index is 12.4. The molecule has 0 saturated heterocycles. The summed E-state index contributed by atoms with van der Waals surface area (Å²) < 4.78 is 5.39. The first-order valence-electron chi connectivity index (χ1n) is 11.2. The minimum Gasteiger partial charge on any atom is -0.507 e. The number of hydrogen-bond acceptors (Lipinski definition) is 6. The molecule has 0 bridgehead atoms. The van der Waals surface area contributed by atoms with E-state index in [4.69, 9.17) is 4.74 Å². The van der Waals surface area contributed by atoms with Crippen molar-refractivity contribution in [2.45, 2.75) is 85.7 Å². The van der Waals surface area contributed by atoms with E-state index in [9.17, 15) is 14.7 Å². The van der Waals surface area contributed by atoms with Crippen molar-refractivity contribution in [3.8, 4) is 5.75 Å². The monoisotopic (exact) mass is 470 g/mol. The van der Waals surface area contributed by atoms with Crippen LogP contribution in [0.1, 0.15) is 80.9 Å². The summed E-state index contributed by atoms with van der Waals surface area (Å²) in [5.74, 6) is 0.307. The van der Waals surface area contributed by atoms with Crippen LogP contribution in [0.2, 0.25) is 0 Å². The summed E-state index contributed by atoms with van der Waals surface area (Å²) in [6, 6.07) is 3.96. The van der Waals surface area contributed by atoms with E-state index >= 15 is 0 Å². The Kier molecular flexibility index (Phi) is 6.76. The zero-order valence-corrected chi connectivity index (χ0v) is 21.6. The fraction of sp³-hybridized carbons (Fsp3) is 0.500. The first-order chi connectivity index (χ1) is 15.2. The van der Waals surface area contributed by atoms with Crippen molar-refractivity contribution in [1.29, 1.82) is 0 Å². The summed E-state index contributed by atoms with van der Waals surface area (Å²) in [6.45, 7) is 16.2. The highest BCUT2D eigenvalue weighted by atomic mass is 32.1. The number of thiophene rings is 1. The van der Waals surface area contributed by atoms with Gasteiger partial charge in [0.25, 0.3) is 5.56 Å². The van der Waals surface area contributed by atoms with Crippen molar-refractivity contribution in [1.82, 2.24) is 9.97 Å². The number of phenolic OH excluding ortho intramolecular Hbond substituents is 1. The van der Waals surface area contributed by atoms with Gasteiger partial charge in [0.05, 0.1) is 5.39 Å². The molecule has 0 radical (unpaired) electrons. The Bertz CT molecular complexity index is 1220. The molecule has 0 aliphatic rings. The van der Waals surface area contributed by atoms with Gasteiger partial charge < -0.3 is 14.8 Å². The van der Waals surface area contributed by atoms with Crippen molar-refractivity contribution in [2.24, 2.45) is 0 Å². The number of nitrogens with one attached hydrogen (secondary N) is 1. The molecule has 0 aliphatic carbocycles. The van der Waals surface area contributed by atoms with E-state index in [1.54, 1.807) is 0 Å². The van der Waals surface area contributed by atoms with Crippen molar-refractivity contribution >= 4 is 27.5 Å². The lowest BCUT2D eigenvalue weighted by Gasteiger charge is -2.28. The first-order valence-corrected chi connectivity index (χ1v) is 12.0. The third kappa shape index (κ3) is 5.46. The van der Waals surface area contributed by atoms with Gasteiger partial charge in [-0.3, -0.25) is 9.59 Å². The number of ether oxygens (including phenoxy) is 1. The summed E-state index contributed by atoms with van der Waals surface area (Å²) in [5, 5.41) is 11.5. The van der Waals surface area contributed by atoms with Gasteiger partial charge in [-0.1, -0.05) is 53.7 Å². The summed E-state index contributed by atoms with van der Waals surface area (Å²) in [7, 11) is 0. The normalized spacial score (nSPS) is 12.4. The molecule has 0 aliphatic heterocycles. The number of phenols is 1. The van der Waals surface area contributed by atoms with E-state index in [2.05, 4.69) is 51.5 Å². The fourth-order valence-corrected chi connectivity index (χ4v) is 4.87. The maximum atomic E-state index is 12.4. The molecule has 178 valence electrons. The number of H-pyrrole nitrogens is 1. The number of aromatic hydroxyl groups is 1. The molecule has 0 fully saturated rings. The Morgan fingerprint density at radius 1 is 1.09 bits per heavy atom. The highest BCUT2D eigenvalue weighted by Crippen LogP contribution is 2.40. The molecule has 2 heterocycles.